The van der Waals surface area contributed by atoms with E-state index < -0.39 is 23.4 Å². The fraction of sp³-hybridized carbons (Fsp3) is 1.00. The fourth-order valence-electron chi connectivity index (χ4n) is 5.11. The molecule has 5 heteroatoms. The van der Waals surface area contributed by atoms with Gasteiger partial charge in [0.2, 0.25) is 0 Å². The monoisotopic (exact) mass is 313 g/mol. The first-order valence-electron chi connectivity index (χ1n) is 8.87. The van der Waals surface area contributed by atoms with E-state index >= 15 is 0 Å². The summed E-state index contributed by atoms with van der Waals surface area (Å²) in [6, 6.07) is 0.574. The van der Waals surface area contributed by atoms with Gasteiger partial charge in [-0.25, -0.2) is 0 Å². The molecule has 2 saturated carbocycles. The zero-order valence-corrected chi connectivity index (χ0v) is 13.6. The molecular weight excluding hydrogens is 282 g/mol. The summed E-state index contributed by atoms with van der Waals surface area (Å²) in [7, 11) is 2.17. The number of fused-ring (bicyclic) bond motifs is 1. The molecule has 0 aromatic rings. The van der Waals surface area contributed by atoms with E-state index in [0.29, 0.717) is 12.5 Å². The van der Waals surface area contributed by atoms with Crippen LogP contribution in [0, 0.1) is 5.92 Å². The van der Waals surface area contributed by atoms with Crippen LogP contribution in [0.2, 0.25) is 0 Å². The number of rotatable bonds is 3. The second-order valence-electron chi connectivity index (χ2n) is 7.94. The van der Waals surface area contributed by atoms with Crippen molar-refractivity contribution in [3.05, 3.63) is 0 Å². The number of hydrogen-bond acceptors (Lipinski definition) is 5. The highest BCUT2D eigenvalue weighted by Crippen LogP contribution is 2.53. The number of likely N-dealkylation sites (tertiary alicyclic amines) is 1. The smallest absolute Gasteiger partial charge is 0.0987 e. The van der Waals surface area contributed by atoms with Gasteiger partial charge in [-0.05, 0) is 58.0 Å². The lowest BCUT2D eigenvalue weighted by molar-refractivity contribution is -0.220. The molecule has 0 aromatic heterocycles. The molecule has 1 saturated heterocycles. The van der Waals surface area contributed by atoms with Crippen molar-refractivity contribution in [2.24, 2.45) is 5.92 Å². The summed E-state index contributed by atoms with van der Waals surface area (Å²) in [5, 5.41) is 41.6. The van der Waals surface area contributed by atoms with Crippen molar-refractivity contribution < 1.29 is 20.4 Å². The van der Waals surface area contributed by atoms with Gasteiger partial charge in [-0.1, -0.05) is 6.42 Å². The second-order valence-corrected chi connectivity index (χ2v) is 7.94. The van der Waals surface area contributed by atoms with Crippen LogP contribution >= 0.6 is 0 Å². The van der Waals surface area contributed by atoms with Crippen LogP contribution in [0.4, 0.5) is 0 Å². The van der Waals surface area contributed by atoms with E-state index in [1.54, 1.807) is 0 Å². The van der Waals surface area contributed by atoms with Gasteiger partial charge in [0.1, 0.15) is 0 Å². The van der Waals surface area contributed by atoms with Crippen molar-refractivity contribution in [2.75, 3.05) is 13.6 Å². The Labute approximate surface area is 132 Å². The molecule has 2 aliphatic carbocycles. The lowest BCUT2D eigenvalue weighted by Crippen LogP contribution is -2.62. The summed E-state index contributed by atoms with van der Waals surface area (Å²) in [4.78, 5) is 2.41. The molecule has 6 atom stereocenters. The largest absolute Gasteiger partial charge is 0.390 e. The Morgan fingerprint density at radius 2 is 1.73 bits per heavy atom. The number of piperidine rings is 1. The van der Waals surface area contributed by atoms with Crippen LogP contribution in [0.1, 0.15) is 57.8 Å². The minimum atomic E-state index is -1.24. The van der Waals surface area contributed by atoms with Crippen molar-refractivity contribution in [1.82, 2.24) is 4.90 Å². The average molecular weight is 313 g/mol. The predicted molar refractivity (Wildman–Crippen MR) is 83.4 cm³/mol. The van der Waals surface area contributed by atoms with Gasteiger partial charge in [-0.2, -0.15) is 0 Å². The van der Waals surface area contributed by atoms with E-state index in [9.17, 15) is 20.4 Å². The Morgan fingerprint density at radius 3 is 2.45 bits per heavy atom. The molecule has 0 amide bonds. The molecule has 0 aromatic carbocycles. The van der Waals surface area contributed by atoms with Crippen molar-refractivity contribution in [3.8, 4) is 0 Å². The van der Waals surface area contributed by atoms with E-state index in [1.165, 1.54) is 19.3 Å². The van der Waals surface area contributed by atoms with Crippen LogP contribution in [0.3, 0.4) is 0 Å². The third kappa shape index (κ3) is 2.71. The van der Waals surface area contributed by atoms with Gasteiger partial charge in [-0.15, -0.1) is 0 Å². The molecule has 128 valence electrons. The number of nitrogens with zero attached hydrogens (tertiary/aromatic N) is 1. The van der Waals surface area contributed by atoms with Gasteiger partial charge in [0.25, 0.3) is 0 Å². The molecule has 0 spiro atoms. The Kier molecular flexibility index (Phi) is 4.56. The molecular formula is C17H31NO4. The highest BCUT2D eigenvalue weighted by molar-refractivity contribution is 5.14. The summed E-state index contributed by atoms with van der Waals surface area (Å²) in [5.74, 6) is 0.0231. The summed E-state index contributed by atoms with van der Waals surface area (Å²) >= 11 is 0. The van der Waals surface area contributed by atoms with Crippen LogP contribution < -0.4 is 0 Å². The molecule has 3 aliphatic rings. The van der Waals surface area contributed by atoms with Crippen LogP contribution in [-0.4, -0.2) is 68.4 Å². The summed E-state index contributed by atoms with van der Waals surface area (Å²) in [5.41, 5.74) is -2.46. The van der Waals surface area contributed by atoms with Gasteiger partial charge in [0.15, 0.2) is 0 Å². The molecule has 1 heterocycles. The number of aliphatic hydroxyl groups excluding tert-OH is 2. The maximum Gasteiger partial charge on any atom is 0.0987 e. The molecule has 6 unspecified atom stereocenters. The van der Waals surface area contributed by atoms with E-state index in [2.05, 4.69) is 11.9 Å². The SMILES string of the molecule is CN1CCCCC1CCC1CCC2(O)CC(O)C(O)CC12O. The molecule has 1 aliphatic heterocycles. The molecule has 5 nitrogen and oxygen atoms in total. The maximum atomic E-state index is 11.1. The third-order valence-electron chi connectivity index (χ3n) is 6.67. The zero-order chi connectivity index (χ0) is 16.0. The second kappa shape index (κ2) is 6.02. The van der Waals surface area contributed by atoms with E-state index in [0.717, 1.165) is 25.8 Å². The van der Waals surface area contributed by atoms with Crippen molar-refractivity contribution >= 4 is 0 Å². The normalized spacial score (nSPS) is 50.0. The third-order valence-corrected chi connectivity index (χ3v) is 6.67. The molecule has 0 radical (unpaired) electrons. The van der Waals surface area contributed by atoms with Crippen LogP contribution in [0.15, 0.2) is 0 Å². The Balaban J connectivity index is 1.65. The lowest BCUT2D eigenvalue weighted by atomic mass is 9.67. The molecule has 3 fully saturated rings. The van der Waals surface area contributed by atoms with E-state index in [1.807, 2.05) is 0 Å². The zero-order valence-electron chi connectivity index (χ0n) is 13.6. The van der Waals surface area contributed by atoms with Crippen molar-refractivity contribution in [2.45, 2.75) is 87.2 Å². The topological polar surface area (TPSA) is 84.2 Å². The first kappa shape index (κ1) is 16.7. The molecule has 3 rings (SSSR count). The minimum Gasteiger partial charge on any atom is -0.390 e. The highest BCUT2D eigenvalue weighted by atomic mass is 16.4. The van der Waals surface area contributed by atoms with E-state index in [-0.39, 0.29) is 18.8 Å². The van der Waals surface area contributed by atoms with E-state index in [4.69, 9.17) is 0 Å². The highest BCUT2D eigenvalue weighted by Gasteiger charge is 2.62. The summed E-state index contributed by atoms with van der Waals surface area (Å²) in [6.45, 7) is 1.15. The van der Waals surface area contributed by atoms with Crippen LogP contribution in [0.25, 0.3) is 0 Å². The summed E-state index contributed by atoms with van der Waals surface area (Å²) in [6.07, 6.45) is 5.32. The van der Waals surface area contributed by atoms with Crippen molar-refractivity contribution in [1.29, 1.82) is 0 Å². The Morgan fingerprint density at radius 1 is 1.00 bits per heavy atom. The Hall–Kier alpha value is -0.200. The molecule has 0 bridgehead atoms. The van der Waals surface area contributed by atoms with Gasteiger partial charge >= 0.3 is 0 Å². The first-order valence-corrected chi connectivity index (χ1v) is 8.87. The predicted octanol–water partition coefficient (Wildman–Crippen LogP) is 0.639. The first-order chi connectivity index (χ1) is 10.4. The van der Waals surface area contributed by atoms with Gasteiger partial charge in [0.05, 0.1) is 23.4 Å². The molecule has 4 N–H and O–H groups in total. The molecule has 22 heavy (non-hydrogen) atoms. The standard InChI is InChI=1S/C17H31NO4/c1-18-9-3-2-4-13(18)6-5-12-7-8-16(21)10-14(19)15(20)11-17(12,16)22/h12-15,19-22H,2-11H2,1H3. The van der Waals surface area contributed by atoms with Crippen LogP contribution in [-0.2, 0) is 0 Å². The van der Waals surface area contributed by atoms with Gasteiger partial charge in [-0.3, -0.25) is 0 Å². The van der Waals surface area contributed by atoms with Crippen LogP contribution in [0.5, 0.6) is 0 Å². The minimum absolute atomic E-state index is 0.0231. The van der Waals surface area contributed by atoms with Gasteiger partial charge in [0, 0.05) is 18.9 Å². The number of aliphatic hydroxyl groups is 4. The fourth-order valence-corrected chi connectivity index (χ4v) is 5.11. The van der Waals surface area contributed by atoms with Crippen molar-refractivity contribution in [3.63, 3.8) is 0 Å². The quantitative estimate of drug-likeness (QED) is 0.614. The average Bonchev–Trinajstić information content (AvgIpc) is 2.70. The lowest BCUT2D eigenvalue weighted by Gasteiger charge is -2.48. The number of hydrogen-bond donors (Lipinski definition) is 4. The Bertz CT molecular complexity index is 406. The maximum absolute atomic E-state index is 11.1. The summed E-state index contributed by atoms with van der Waals surface area (Å²) < 4.78 is 0. The van der Waals surface area contributed by atoms with Gasteiger partial charge < -0.3 is 25.3 Å².